The average molecular weight is 302 g/mol. The quantitative estimate of drug-likeness (QED) is 0.656. The second-order valence-corrected chi connectivity index (χ2v) is 7.21. The lowest BCUT2D eigenvalue weighted by Gasteiger charge is -2.10. The van der Waals surface area contributed by atoms with Gasteiger partial charge in [0.1, 0.15) is 0 Å². The third-order valence-corrected chi connectivity index (χ3v) is 5.65. The van der Waals surface area contributed by atoms with Crippen molar-refractivity contribution in [2.24, 2.45) is 0 Å². The van der Waals surface area contributed by atoms with Crippen molar-refractivity contribution in [3.8, 4) is 0 Å². The number of rotatable bonds is 5. The summed E-state index contributed by atoms with van der Waals surface area (Å²) < 4.78 is 36.6. The summed E-state index contributed by atoms with van der Waals surface area (Å²) in [6.45, 7) is 0.599. The lowest BCUT2D eigenvalue weighted by molar-refractivity contribution is -0.387. The summed E-state index contributed by atoms with van der Waals surface area (Å²) in [6, 6.07) is 3.66. The van der Waals surface area contributed by atoms with Crippen LogP contribution in [-0.2, 0) is 16.4 Å². The molecule has 1 fully saturated rings. The molecule has 110 valence electrons. The van der Waals surface area contributed by atoms with Crippen molar-refractivity contribution in [1.82, 2.24) is 5.32 Å². The van der Waals surface area contributed by atoms with Crippen LogP contribution in [0.2, 0.25) is 0 Å². The third kappa shape index (κ3) is 3.31. The van der Waals surface area contributed by atoms with Gasteiger partial charge in [-0.25, -0.2) is 8.42 Å². The van der Waals surface area contributed by atoms with E-state index in [0.29, 0.717) is 24.9 Å². The van der Waals surface area contributed by atoms with Gasteiger partial charge in [-0.1, -0.05) is 6.07 Å². The summed E-state index contributed by atoms with van der Waals surface area (Å²) in [7, 11) is -2.99. The Bertz CT molecular complexity index is 618. The topological polar surface area (TPSA) is 89.3 Å². The zero-order valence-electron chi connectivity index (χ0n) is 10.7. The van der Waals surface area contributed by atoms with Crippen LogP contribution in [0.5, 0.6) is 0 Å². The average Bonchev–Trinajstić information content (AvgIpc) is 2.68. The number of nitro groups is 1. The maximum Gasteiger partial charge on any atom is 0.304 e. The molecular weight excluding hydrogens is 287 g/mol. The van der Waals surface area contributed by atoms with E-state index in [1.165, 1.54) is 6.07 Å². The molecule has 1 aliphatic rings. The molecule has 1 saturated heterocycles. The highest BCUT2D eigenvalue weighted by atomic mass is 32.2. The molecule has 0 bridgehead atoms. The number of sulfone groups is 1. The molecule has 0 saturated carbocycles. The predicted molar refractivity (Wildman–Crippen MR) is 71.6 cm³/mol. The minimum absolute atomic E-state index is 0.228. The molecule has 0 radical (unpaired) electrons. The minimum Gasteiger partial charge on any atom is -0.311 e. The molecule has 1 unspecified atom stereocenters. The van der Waals surface area contributed by atoms with E-state index in [1.807, 2.05) is 0 Å². The van der Waals surface area contributed by atoms with Gasteiger partial charge in [-0.2, -0.15) is 4.39 Å². The fourth-order valence-corrected chi connectivity index (χ4v) is 4.07. The van der Waals surface area contributed by atoms with Crippen LogP contribution in [0.4, 0.5) is 10.1 Å². The van der Waals surface area contributed by atoms with Crippen LogP contribution >= 0.6 is 0 Å². The molecule has 0 amide bonds. The molecule has 0 aliphatic carbocycles. The summed E-state index contributed by atoms with van der Waals surface area (Å²) in [4.78, 5) is 9.70. The minimum atomic E-state index is -2.99. The van der Waals surface area contributed by atoms with Gasteiger partial charge in [0, 0.05) is 19.2 Å². The lowest BCUT2D eigenvalue weighted by Crippen LogP contribution is -2.30. The van der Waals surface area contributed by atoms with E-state index in [0.717, 1.165) is 12.1 Å². The Morgan fingerprint density at radius 3 is 2.75 bits per heavy atom. The van der Waals surface area contributed by atoms with Gasteiger partial charge in [0.15, 0.2) is 9.84 Å². The van der Waals surface area contributed by atoms with Crippen LogP contribution in [0.1, 0.15) is 18.4 Å². The lowest BCUT2D eigenvalue weighted by atomic mass is 10.2. The molecule has 1 aromatic rings. The second-order valence-electron chi connectivity index (χ2n) is 4.80. The molecule has 0 aromatic heterocycles. The summed E-state index contributed by atoms with van der Waals surface area (Å²) in [5.41, 5.74) is -0.0179. The highest BCUT2D eigenvalue weighted by molar-refractivity contribution is 7.92. The molecular formula is C12H15FN2O4S. The third-order valence-electron chi connectivity index (χ3n) is 3.37. The highest BCUT2D eigenvalue weighted by Crippen LogP contribution is 2.20. The smallest absolute Gasteiger partial charge is 0.304 e. The normalized spacial score (nSPS) is 20.9. The molecule has 1 aliphatic heterocycles. The molecule has 0 spiro atoms. The Balaban J connectivity index is 1.92. The van der Waals surface area contributed by atoms with E-state index in [9.17, 15) is 22.9 Å². The molecule has 1 atom stereocenters. The predicted octanol–water partition coefficient (Wildman–Crippen LogP) is 1.40. The first-order chi connectivity index (χ1) is 9.40. The van der Waals surface area contributed by atoms with Crippen molar-refractivity contribution in [2.75, 3.05) is 12.3 Å². The van der Waals surface area contributed by atoms with Gasteiger partial charge in [0.2, 0.25) is 5.82 Å². The van der Waals surface area contributed by atoms with Crippen molar-refractivity contribution in [2.45, 2.75) is 24.6 Å². The van der Waals surface area contributed by atoms with E-state index in [2.05, 4.69) is 5.32 Å². The first kappa shape index (κ1) is 14.9. The monoisotopic (exact) mass is 302 g/mol. The summed E-state index contributed by atoms with van der Waals surface area (Å²) in [5, 5.41) is 13.1. The molecule has 1 aromatic carbocycles. The van der Waals surface area contributed by atoms with Crippen molar-refractivity contribution < 1.29 is 17.7 Å². The fraction of sp³-hybridized carbons (Fsp3) is 0.500. The zero-order valence-corrected chi connectivity index (χ0v) is 11.5. The Kier molecular flexibility index (Phi) is 4.34. The largest absolute Gasteiger partial charge is 0.311 e. The first-order valence-electron chi connectivity index (χ1n) is 6.25. The number of hydrogen-bond donors (Lipinski definition) is 1. The van der Waals surface area contributed by atoms with Crippen molar-refractivity contribution in [3.05, 3.63) is 39.7 Å². The van der Waals surface area contributed by atoms with E-state index in [-0.39, 0.29) is 17.5 Å². The summed E-state index contributed by atoms with van der Waals surface area (Å²) in [5.74, 6) is -0.659. The standard InChI is InChI=1S/C12H15FN2O4S/c13-11-6-9(3-4-12(11)15(16)17)7-14-8-10-2-1-5-20(10,18)19/h3-4,6,10,14H,1-2,5,7-8H2. The Labute approximate surface area is 116 Å². The Morgan fingerprint density at radius 2 is 2.20 bits per heavy atom. The molecule has 8 heteroatoms. The van der Waals surface area contributed by atoms with Crippen LogP contribution in [0, 0.1) is 15.9 Å². The van der Waals surface area contributed by atoms with Gasteiger partial charge in [-0.05, 0) is 24.5 Å². The number of halogens is 1. The zero-order chi connectivity index (χ0) is 14.8. The van der Waals surface area contributed by atoms with Gasteiger partial charge in [0.05, 0.1) is 15.9 Å². The summed E-state index contributed by atoms with van der Waals surface area (Å²) in [6.07, 6.45) is 1.32. The Morgan fingerprint density at radius 1 is 1.45 bits per heavy atom. The first-order valence-corrected chi connectivity index (χ1v) is 7.97. The van der Waals surface area contributed by atoms with Gasteiger partial charge in [0.25, 0.3) is 0 Å². The maximum atomic E-state index is 13.4. The van der Waals surface area contributed by atoms with Gasteiger partial charge >= 0.3 is 5.69 Å². The highest BCUT2D eigenvalue weighted by Gasteiger charge is 2.30. The van der Waals surface area contributed by atoms with Crippen molar-refractivity contribution in [1.29, 1.82) is 0 Å². The number of nitrogens with one attached hydrogen (secondary N) is 1. The molecule has 1 N–H and O–H groups in total. The Hall–Kier alpha value is -1.54. The summed E-state index contributed by atoms with van der Waals surface area (Å²) >= 11 is 0. The van der Waals surface area contributed by atoms with Crippen LogP contribution in [-0.4, -0.2) is 30.9 Å². The molecule has 2 rings (SSSR count). The SMILES string of the molecule is O=[N+]([O-])c1ccc(CNCC2CCCS2(=O)=O)cc1F. The second kappa shape index (κ2) is 5.84. The van der Waals surface area contributed by atoms with Crippen molar-refractivity contribution >= 4 is 15.5 Å². The number of nitro benzene ring substituents is 1. The number of hydrogen-bond acceptors (Lipinski definition) is 5. The van der Waals surface area contributed by atoms with Crippen molar-refractivity contribution in [3.63, 3.8) is 0 Å². The van der Waals surface area contributed by atoms with Gasteiger partial charge in [-0.3, -0.25) is 10.1 Å². The van der Waals surface area contributed by atoms with Crippen LogP contribution in [0.25, 0.3) is 0 Å². The van der Waals surface area contributed by atoms with Gasteiger partial charge in [-0.15, -0.1) is 0 Å². The maximum absolute atomic E-state index is 13.4. The van der Waals surface area contributed by atoms with Crippen LogP contribution < -0.4 is 5.32 Å². The molecule has 1 heterocycles. The van der Waals surface area contributed by atoms with E-state index in [1.54, 1.807) is 0 Å². The van der Waals surface area contributed by atoms with E-state index >= 15 is 0 Å². The van der Waals surface area contributed by atoms with Crippen LogP contribution in [0.3, 0.4) is 0 Å². The molecule has 6 nitrogen and oxygen atoms in total. The molecule has 20 heavy (non-hydrogen) atoms. The van der Waals surface area contributed by atoms with E-state index in [4.69, 9.17) is 0 Å². The number of benzene rings is 1. The van der Waals surface area contributed by atoms with Gasteiger partial charge < -0.3 is 5.32 Å². The number of nitrogens with zero attached hydrogens (tertiary/aromatic N) is 1. The van der Waals surface area contributed by atoms with E-state index < -0.39 is 26.3 Å². The fourth-order valence-electron chi connectivity index (χ4n) is 2.27. The van der Waals surface area contributed by atoms with Crippen LogP contribution in [0.15, 0.2) is 18.2 Å².